The van der Waals surface area contributed by atoms with Crippen LogP contribution >= 0.6 is 11.6 Å². The standard InChI is InChI=1S/C28H28ClF2N3O4/c29-18-2-6-23-17(11-18)12-26(38-23)28(30,31)27(35)33-20(15-34-21-3-4-22(34)14-19(32)13-21)9-16-1-5-24-25(10-16)37-8-7-36-24/h1-2,5-6,10-12,19,21-22H,3-4,7-9,13-15,32H2. The highest BCUT2D eigenvalue weighted by molar-refractivity contribution is 6.31. The first-order chi connectivity index (χ1) is 18.3. The molecule has 2 aromatic carbocycles. The Balaban J connectivity index is 1.30. The Morgan fingerprint density at radius 2 is 1.79 bits per heavy atom. The molecule has 2 N–H and O–H groups in total. The van der Waals surface area contributed by atoms with Crippen molar-refractivity contribution in [1.29, 1.82) is 0 Å². The summed E-state index contributed by atoms with van der Waals surface area (Å²) in [4.78, 5) is 19.3. The first-order valence-electron chi connectivity index (χ1n) is 12.8. The topological polar surface area (TPSA) is 90.3 Å². The van der Waals surface area contributed by atoms with Gasteiger partial charge in [0.1, 0.15) is 18.8 Å². The van der Waals surface area contributed by atoms with Crippen molar-refractivity contribution in [3.8, 4) is 11.5 Å². The van der Waals surface area contributed by atoms with Crippen molar-refractivity contribution in [3.05, 3.63) is 58.8 Å². The molecule has 0 saturated carbocycles. The first kappa shape index (κ1) is 25.3. The smallest absolute Gasteiger partial charge is 0.383 e. The molecule has 3 aliphatic heterocycles. The van der Waals surface area contributed by atoms with Crippen LogP contribution in [0.25, 0.3) is 11.0 Å². The van der Waals surface area contributed by atoms with E-state index in [-0.39, 0.29) is 30.1 Å². The van der Waals surface area contributed by atoms with Crippen molar-refractivity contribution in [2.24, 2.45) is 10.7 Å². The predicted molar refractivity (Wildman–Crippen MR) is 139 cm³/mol. The van der Waals surface area contributed by atoms with Gasteiger partial charge in [-0.3, -0.25) is 9.69 Å². The summed E-state index contributed by atoms with van der Waals surface area (Å²) in [5.41, 5.74) is 7.60. The molecule has 2 saturated heterocycles. The number of piperidine rings is 1. The lowest BCUT2D eigenvalue weighted by Crippen LogP contribution is -2.49. The monoisotopic (exact) mass is 543 g/mol. The minimum Gasteiger partial charge on any atom is -0.486 e. The number of nitrogens with two attached hydrogens (primary N) is 1. The number of fused-ring (bicyclic) bond motifs is 4. The van der Waals surface area contributed by atoms with Crippen molar-refractivity contribution >= 4 is 34.2 Å². The zero-order valence-electron chi connectivity index (χ0n) is 20.7. The number of aliphatic imine (C=N–C) groups is 1. The average Bonchev–Trinajstić information content (AvgIpc) is 3.41. The van der Waals surface area contributed by atoms with Crippen LogP contribution in [0.4, 0.5) is 8.78 Å². The number of furan rings is 1. The zero-order valence-corrected chi connectivity index (χ0v) is 21.4. The molecule has 2 bridgehead atoms. The molecule has 2 atom stereocenters. The van der Waals surface area contributed by atoms with Gasteiger partial charge in [0.25, 0.3) is 0 Å². The SMILES string of the molecule is NC1CC2CCC(C1)N2CC(Cc1ccc2c(c1)OCCO2)=NC(=O)C(F)(F)c1cc2cc(Cl)ccc2o1. The number of rotatable bonds is 6. The van der Waals surface area contributed by atoms with Crippen molar-refractivity contribution in [3.63, 3.8) is 0 Å². The first-order valence-corrected chi connectivity index (χ1v) is 13.2. The molecule has 2 fully saturated rings. The normalized spacial score (nSPS) is 23.7. The van der Waals surface area contributed by atoms with Crippen molar-refractivity contribution in [2.45, 2.75) is 56.2 Å². The van der Waals surface area contributed by atoms with Crippen molar-refractivity contribution in [1.82, 2.24) is 4.90 Å². The van der Waals surface area contributed by atoms with E-state index in [1.54, 1.807) is 12.1 Å². The van der Waals surface area contributed by atoms with E-state index in [2.05, 4.69) is 9.89 Å². The van der Waals surface area contributed by atoms with Crippen LogP contribution in [0.3, 0.4) is 0 Å². The van der Waals surface area contributed by atoms with Crippen LogP contribution in [0, 0.1) is 0 Å². The van der Waals surface area contributed by atoms with Gasteiger partial charge in [-0.15, -0.1) is 0 Å². The molecule has 200 valence electrons. The molecule has 4 heterocycles. The van der Waals surface area contributed by atoms with E-state index >= 15 is 8.78 Å². The summed E-state index contributed by atoms with van der Waals surface area (Å²) in [5.74, 6) is -5.03. The van der Waals surface area contributed by atoms with Crippen molar-refractivity contribution in [2.75, 3.05) is 19.8 Å². The molecule has 0 aliphatic carbocycles. The fourth-order valence-corrected chi connectivity index (χ4v) is 6.02. The third-order valence-corrected chi connectivity index (χ3v) is 7.85. The van der Waals surface area contributed by atoms with Gasteiger partial charge in [-0.05, 0) is 67.6 Å². The summed E-state index contributed by atoms with van der Waals surface area (Å²) in [7, 11) is 0. The molecular weight excluding hydrogens is 516 g/mol. The van der Waals surface area contributed by atoms with Crippen LogP contribution in [-0.4, -0.2) is 54.4 Å². The maximum Gasteiger partial charge on any atom is 0.383 e. The van der Waals surface area contributed by atoms with Gasteiger partial charge in [-0.1, -0.05) is 17.7 Å². The number of carbonyl (C=O) groups excluding carboxylic acids is 1. The Morgan fingerprint density at radius 1 is 1.05 bits per heavy atom. The Kier molecular flexibility index (Phi) is 6.62. The zero-order chi connectivity index (χ0) is 26.4. The molecule has 6 rings (SSSR count). The number of ether oxygens (including phenoxy) is 2. The molecule has 3 aliphatic rings. The van der Waals surface area contributed by atoms with E-state index in [0.717, 1.165) is 37.3 Å². The van der Waals surface area contributed by atoms with Gasteiger partial charge in [-0.2, -0.15) is 8.78 Å². The van der Waals surface area contributed by atoms with E-state index in [0.29, 0.717) is 47.4 Å². The number of alkyl halides is 2. The number of nitrogens with zero attached hydrogens (tertiary/aromatic N) is 2. The number of amides is 1. The molecule has 38 heavy (non-hydrogen) atoms. The number of carbonyl (C=O) groups is 1. The van der Waals surface area contributed by atoms with Gasteiger partial charge in [0, 0.05) is 47.2 Å². The lowest BCUT2D eigenvalue weighted by Gasteiger charge is -2.37. The van der Waals surface area contributed by atoms with E-state index < -0.39 is 17.6 Å². The summed E-state index contributed by atoms with van der Waals surface area (Å²) in [6.45, 7) is 1.22. The molecular formula is C28H28ClF2N3O4. The minimum atomic E-state index is -3.94. The second kappa shape index (κ2) is 9.94. The Bertz CT molecular complexity index is 1390. The molecule has 1 amide bonds. The Morgan fingerprint density at radius 3 is 2.55 bits per heavy atom. The number of hydrogen-bond acceptors (Lipinski definition) is 6. The van der Waals surface area contributed by atoms with Crippen LogP contribution in [0.1, 0.15) is 37.0 Å². The van der Waals surface area contributed by atoms with E-state index in [4.69, 9.17) is 31.2 Å². The lowest BCUT2D eigenvalue weighted by atomic mass is 9.97. The van der Waals surface area contributed by atoms with Crippen molar-refractivity contribution < 1.29 is 27.5 Å². The Hall–Kier alpha value is -3.01. The number of benzene rings is 2. The van der Waals surface area contributed by atoms with Gasteiger partial charge in [-0.25, -0.2) is 4.99 Å². The molecule has 10 heteroatoms. The third-order valence-electron chi connectivity index (χ3n) is 7.62. The quantitative estimate of drug-likeness (QED) is 0.434. The lowest BCUT2D eigenvalue weighted by molar-refractivity contribution is -0.145. The molecule has 7 nitrogen and oxygen atoms in total. The van der Waals surface area contributed by atoms with Crippen LogP contribution in [-0.2, 0) is 17.1 Å². The maximum absolute atomic E-state index is 15.4. The van der Waals surface area contributed by atoms with E-state index in [9.17, 15) is 4.79 Å². The van der Waals surface area contributed by atoms with Gasteiger partial charge in [0.05, 0.1) is 0 Å². The van der Waals surface area contributed by atoms with E-state index in [1.807, 2.05) is 12.1 Å². The summed E-state index contributed by atoms with van der Waals surface area (Å²) < 4.78 is 47.3. The van der Waals surface area contributed by atoms with Crippen LogP contribution in [0.15, 0.2) is 51.9 Å². The predicted octanol–water partition coefficient (Wildman–Crippen LogP) is 5.11. The molecule has 1 aromatic heterocycles. The van der Waals surface area contributed by atoms with Crippen LogP contribution in [0.5, 0.6) is 11.5 Å². The fraction of sp³-hybridized carbons (Fsp3) is 0.429. The highest BCUT2D eigenvalue weighted by Crippen LogP contribution is 2.37. The fourth-order valence-electron chi connectivity index (χ4n) is 5.84. The van der Waals surface area contributed by atoms with Gasteiger partial charge < -0.3 is 19.6 Å². The summed E-state index contributed by atoms with van der Waals surface area (Å²) in [6, 6.07) is 11.8. The molecule has 3 aromatic rings. The summed E-state index contributed by atoms with van der Waals surface area (Å²) in [6.07, 6.45) is 3.91. The van der Waals surface area contributed by atoms with Crippen LogP contribution in [0.2, 0.25) is 5.02 Å². The molecule has 0 spiro atoms. The van der Waals surface area contributed by atoms with Gasteiger partial charge >= 0.3 is 11.8 Å². The molecule has 0 radical (unpaired) electrons. The highest BCUT2D eigenvalue weighted by Gasteiger charge is 2.45. The van der Waals surface area contributed by atoms with Crippen LogP contribution < -0.4 is 15.2 Å². The number of hydrogen-bond donors (Lipinski definition) is 1. The second-order valence-electron chi connectivity index (χ2n) is 10.3. The highest BCUT2D eigenvalue weighted by atomic mass is 35.5. The maximum atomic E-state index is 15.4. The van der Waals surface area contributed by atoms with Gasteiger partial charge in [0.15, 0.2) is 17.3 Å². The average molecular weight is 544 g/mol. The minimum absolute atomic E-state index is 0.134. The number of halogens is 3. The second-order valence-corrected chi connectivity index (χ2v) is 10.7. The third kappa shape index (κ3) is 4.90. The summed E-state index contributed by atoms with van der Waals surface area (Å²) >= 11 is 5.98. The Labute approximate surface area is 223 Å². The van der Waals surface area contributed by atoms with Gasteiger partial charge in [0.2, 0.25) is 0 Å². The largest absolute Gasteiger partial charge is 0.486 e. The summed E-state index contributed by atoms with van der Waals surface area (Å²) in [5, 5.41) is 0.775. The van der Waals surface area contributed by atoms with E-state index in [1.165, 1.54) is 12.1 Å². The molecule has 2 unspecified atom stereocenters.